The van der Waals surface area contributed by atoms with Gasteiger partial charge in [-0.25, -0.2) is 0 Å². The smallest absolute Gasteiger partial charge is 0.322 e. The third kappa shape index (κ3) is 3.09. The number of amides is 1. The van der Waals surface area contributed by atoms with E-state index in [-0.39, 0.29) is 6.54 Å². The van der Waals surface area contributed by atoms with Crippen LogP contribution >= 0.6 is 0 Å². The summed E-state index contributed by atoms with van der Waals surface area (Å²) in [7, 11) is 0. The number of nitrogens with one attached hydrogen (secondary N) is 1. The van der Waals surface area contributed by atoms with Crippen LogP contribution in [0.15, 0.2) is 10.7 Å². The molecule has 8 nitrogen and oxygen atoms in total. The van der Waals surface area contributed by atoms with Gasteiger partial charge in [-0.1, -0.05) is 4.68 Å². The van der Waals surface area contributed by atoms with Gasteiger partial charge in [0.25, 0.3) is 12.5 Å². The number of aliphatic carboxylic acids is 1. The molecule has 0 unspecified atom stereocenters. The lowest BCUT2D eigenvalue weighted by molar-refractivity contribution is -0.751. The molecule has 1 amide bonds. The van der Waals surface area contributed by atoms with Crippen molar-refractivity contribution in [2.24, 2.45) is 0 Å². The maximum Gasteiger partial charge on any atom is 0.322 e. The lowest BCUT2D eigenvalue weighted by Crippen LogP contribution is -2.44. The maximum atomic E-state index is 10.9. The number of carboxylic acid groups (broad SMARTS) is 1. The third-order valence-corrected chi connectivity index (χ3v) is 1.23. The molecule has 0 atom stereocenters. The molecule has 1 rings (SSSR count). The van der Waals surface area contributed by atoms with Gasteiger partial charge in [0.2, 0.25) is 6.20 Å². The number of carbonyl (C=O) groups is 2. The zero-order chi connectivity index (χ0) is 10.6. The highest BCUT2D eigenvalue weighted by atomic mass is 16.6. The summed E-state index contributed by atoms with van der Waals surface area (Å²) in [5.41, 5.74) is 0. The van der Waals surface area contributed by atoms with Crippen molar-refractivity contribution in [2.75, 3.05) is 6.54 Å². The van der Waals surface area contributed by atoms with E-state index in [1.165, 1.54) is 0 Å². The van der Waals surface area contributed by atoms with Crippen LogP contribution in [0.5, 0.6) is 5.95 Å². The average Bonchev–Trinajstić information content (AvgIpc) is 2.48. The van der Waals surface area contributed by atoms with Gasteiger partial charge in [-0.15, -0.1) is 0 Å². The molecular weight excluding hydrogens is 194 g/mol. The van der Waals surface area contributed by atoms with Crippen LogP contribution in [0.3, 0.4) is 0 Å². The van der Waals surface area contributed by atoms with Crippen LogP contribution in [0, 0.1) is 0 Å². The van der Waals surface area contributed by atoms with Gasteiger partial charge in [0.1, 0.15) is 12.5 Å². The van der Waals surface area contributed by atoms with Gasteiger partial charge in [-0.2, -0.15) is 0 Å². The molecule has 0 aliphatic carbocycles. The standard InChI is InChI=1S/C6H7N3O5/c10-4(7-1-5(11)12)2-9-3-6(13)14-8-9/h3H,1-2H2,(H2-,7,8,10,11,12,13). The predicted octanol–water partition coefficient (Wildman–Crippen LogP) is -2.76. The van der Waals surface area contributed by atoms with Crippen LogP contribution in [0.1, 0.15) is 0 Å². The van der Waals surface area contributed by atoms with Crippen molar-refractivity contribution in [3.05, 3.63) is 6.20 Å². The number of nitrogens with zero attached hydrogens (tertiary/aromatic N) is 2. The van der Waals surface area contributed by atoms with Gasteiger partial charge in [0.15, 0.2) is 0 Å². The Bertz CT molecular complexity index is 347. The van der Waals surface area contributed by atoms with Gasteiger partial charge in [-0.05, 0) is 0 Å². The molecule has 1 aromatic heterocycles. The van der Waals surface area contributed by atoms with E-state index >= 15 is 0 Å². The van der Waals surface area contributed by atoms with Crippen molar-refractivity contribution < 1.29 is 29.0 Å². The molecule has 0 fully saturated rings. The lowest BCUT2D eigenvalue weighted by Gasteiger charge is -1.95. The van der Waals surface area contributed by atoms with E-state index in [1.807, 2.05) is 0 Å². The topological polar surface area (TPSA) is 119 Å². The Kier molecular flexibility index (Phi) is 3.00. The molecule has 0 bridgehead atoms. The van der Waals surface area contributed by atoms with Crippen LogP contribution in [0.25, 0.3) is 0 Å². The lowest BCUT2D eigenvalue weighted by atomic mass is 10.5. The summed E-state index contributed by atoms with van der Waals surface area (Å²) in [5, 5.41) is 24.0. The van der Waals surface area contributed by atoms with E-state index in [2.05, 4.69) is 15.1 Å². The highest BCUT2D eigenvalue weighted by Gasteiger charge is 2.12. The summed E-state index contributed by atoms with van der Waals surface area (Å²) >= 11 is 0. The van der Waals surface area contributed by atoms with E-state index in [0.29, 0.717) is 0 Å². The highest BCUT2D eigenvalue weighted by molar-refractivity contribution is 5.80. The molecule has 0 saturated heterocycles. The highest BCUT2D eigenvalue weighted by Crippen LogP contribution is 1.91. The van der Waals surface area contributed by atoms with Crippen molar-refractivity contribution in [3.63, 3.8) is 0 Å². The Morgan fingerprint density at radius 2 is 2.43 bits per heavy atom. The fourth-order valence-corrected chi connectivity index (χ4v) is 0.713. The van der Waals surface area contributed by atoms with Crippen molar-refractivity contribution in [1.82, 2.24) is 10.6 Å². The van der Waals surface area contributed by atoms with Gasteiger partial charge in [0, 0.05) is 0 Å². The Balaban J connectivity index is 2.37. The van der Waals surface area contributed by atoms with Gasteiger partial charge < -0.3 is 20.1 Å². The second-order valence-electron chi connectivity index (χ2n) is 2.39. The van der Waals surface area contributed by atoms with Crippen LogP contribution in [0.2, 0.25) is 0 Å². The van der Waals surface area contributed by atoms with Crippen LogP contribution in [0.4, 0.5) is 0 Å². The van der Waals surface area contributed by atoms with Crippen LogP contribution < -0.4 is 15.1 Å². The second kappa shape index (κ2) is 4.21. The zero-order valence-corrected chi connectivity index (χ0v) is 6.97. The Morgan fingerprint density at radius 1 is 1.71 bits per heavy atom. The molecule has 0 saturated carbocycles. The van der Waals surface area contributed by atoms with Gasteiger partial charge in [0.05, 0.1) is 5.27 Å². The Morgan fingerprint density at radius 3 is 2.93 bits per heavy atom. The number of carbonyl (C=O) groups excluding carboxylic acids is 1. The molecule has 0 spiro atoms. The maximum absolute atomic E-state index is 10.9. The van der Waals surface area contributed by atoms with E-state index in [1.54, 1.807) is 0 Å². The first-order valence-electron chi connectivity index (χ1n) is 3.60. The largest absolute Gasteiger partial charge is 0.539 e. The number of hydrogen-bond donors (Lipinski definition) is 2. The van der Waals surface area contributed by atoms with Gasteiger partial charge >= 0.3 is 5.97 Å². The van der Waals surface area contributed by atoms with Crippen molar-refractivity contribution in [1.29, 1.82) is 0 Å². The normalized spacial score (nSPS) is 9.71. The van der Waals surface area contributed by atoms with Crippen molar-refractivity contribution >= 4 is 11.9 Å². The molecule has 0 aliphatic heterocycles. The molecular formula is C6H7N3O5. The molecule has 14 heavy (non-hydrogen) atoms. The van der Waals surface area contributed by atoms with Crippen molar-refractivity contribution in [2.45, 2.75) is 6.54 Å². The molecule has 0 radical (unpaired) electrons. The minimum atomic E-state index is -1.15. The SMILES string of the molecule is O=C(O)CNC(=O)C[n+]1cc([O-])on1. The number of rotatable bonds is 4. The fourth-order valence-electron chi connectivity index (χ4n) is 0.713. The molecule has 1 heterocycles. The molecule has 0 aromatic carbocycles. The van der Waals surface area contributed by atoms with Crippen molar-refractivity contribution in [3.8, 4) is 5.95 Å². The molecule has 76 valence electrons. The monoisotopic (exact) mass is 201 g/mol. The number of carboxylic acids is 1. The first-order valence-corrected chi connectivity index (χ1v) is 3.60. The summed E-state index contributed by atoms with van der Waals surface area (Å²) in [6, 6.07) is 0. The summed E-state index contributed by atoms with van der Waals surface area (Å²) in [6.45, 7) is -0.722. The van der Waals surface area contributed by atoms with E-state index in [4.69, 9.17) is 5.11 Å². The Labute approximate surface area is 77.7 Å². The zero-order valence-electron chi connectivity index (χ0n) is 6.97. The summed E-state index contributed by atoms with van der Waals surface area (Å²) in [6.07, 6.45) is 0.986. The number of hydrogen-bond acceptors (Lipinski definition) is 5. The quantitative estimate of drug-likeness (QED) is 0.509. The van der Waals surface area contributed by atoms with Gasteiger partial charge in [-0.3, -0.25) is 9.59 Å². The average molecular weight is 201 g/mol. The summed E-state index contributed by atoms with van der Waals surface area (Å²) in [4.78, 5) is 21.0. The van der Waals surface area contributed by atoms with Crippen LogP contribution in [-0.2, 0) is 16.1 Å². The summed E-state index contributed by atoms with van der Waals surface area (Å²) in [5.74, 6) is -2.38. The van der Waals surface area contributed by atoms with Crippen LogP contribution in [-0.4, -0.2) is 28.8 Å². The first-order chi connectivity index (χ1) is 6.58. The predicted molar refractivity (Wildman–Crippen MR) is 36.8 cm³/mol. The first kappa shape index (κ1) is 9.96. The minimum absolute atomic E-state index is 0.251. The van der Waals surface area contributed by atoms with E-state index < -0.39 is 24.4 Å². The minimum Gasteiger partial charge on any atom is -0.539 e. The van der Waals surface area contributed by atoms with E-state index in [0.717, 1.165) is 10.9 Å². The summed E-state index contributed by atoms with van der Waals surface area (Å²) < 4.78 is 5.12. The fraction of sp³-hybridized carbons (Fsp3) is 0.333. The molecule has 2 N–H and O–H groups in total. The van der Waals surface area contributed by atoms with E-state index in [9.17, 15) is 14.7 Å². The molecule has 1 aromatic rings. The number of aromatic nitrogens is 2. The Hall–Kier alpha value is -2.12. The molecule has 0 aliphatic rings. The second-order valence-corrected chi connectivity index (χ2v) is 2.39. The molecule has 8 heteroatoms. The third-order valence-electron chi connectivity index (χ3n) is 1.23.